The quantitative estimate of drug-likeness (QED) is 0.531. The van der Waals surface area contributed by atoms with Gasteiger partial charge >= 0.3 is 0 Å². The maximum Gasteiger partial charge on any atom is 0.223 e. The first kappa shape index (κ1) is 13.4. The minimum atomic E-state index is -0.147. The fourth-order valence-electron chi connectivity index (χ4n) is 0.724. The number of nitrogens with one attached hydrogen (secondary N) is 1. The summed E-state index contributed by atoms with van der Waals surface area (Å²) >= 11 is 0. The maximum absolute atomic E-state index is 11.2. The van der Waals surface area contributed by atoms with Crippen LogP contribution in [0.25, 0.3) is 0 Å². The van der Waals surface area contributed by atoms with E-state index >= 15 is 0 Å². The average Bonchev–Trinajstić information content (AvgIpc) is 2.15. The van der Waals surface area contributed by atoms with Crippen LogP contribution >= 0.6 is 0 Å². The van der Waals surface area contributed by atoms with E-state index in [0.29, 0.717) is 12.1 Å². The van der Waals surface area contributed by atoms with E-state index in [4.69, 9.17) is 0 Å². The molecule has 0 spiro atoms. The molecule has 15 heavy (non-hydrogen) atoms. The van der Waals surface area contributed by atoms with E-state index < -0.39 is 0 Å². The number of Topliss-reactive ketones (excluding diaryl/α,β-unsaturated/α-hetero) is 1. The molecule has 0 saturated carbocycles. The Kier molecular flexibility index (Phi) is 6.07. The zero-order chi connectivity index (χ0) is 11.8. The number of rotatable bonds is 3. The lowest BCUT2D eigenvalue weighted by molar-refractivity contribution is -0.125. The van der Waals surface area contributed by atoms with E-state index in [1.807, 2.05) is 0 Å². The number of hydrogen-bond acceptors (Lipinski definition) is 3. The minimum Gasteiger partial charge on any atom is -0.321 e. The number of carbonyl (C=O) groups is 2. The van der Waals surface area contributed by atoms with Crippen molar-refractivity contribution in [3.63, 3.8) is 0 Å². The van der Waals surface area contributed by atoms with E-state index in [2.05, 4.69) is 17.2 Å². The number of amides is 1. The van der Waals surface area contributed by atoms with Crippen LogP contribution < -0.4 is 5.32 Å². The van der Waals surface area contributed by atoms with Crippen molar-refractivity contribution < 1.29 is 9.59 Å². The number of carbonyl (C=O) groups excluding carboxylic acids is 2. The molecule has 4 heteroatoms. The smallest absolute Gasteiger partial charge is 0.223 e. The van der Waals surface area contributed by atoms with Gasteiger partial charge in [-0.2, -0.15) is 0 Å². The highest BCUT2D eigenvalue weighted by Gasteiger charge is 2.04. The Balaban J connectivity index is 4.76. The lowest BCUT2D eigenvalue weighted by Gasteiger charge is -2.08. The normalized spacial score (nSPS) is 10.3. The number of ketones is 1. The van der Waals surface area contributed by atoms with Crippen LogP contribution in [-0.2, 0) is 9.59 Å². The van der Waals surface area contributed by atoms with Crippen molar-refractivity contribution in [1.82, 2.24) is 10.2 Å². The van der Waals surface area contributed by atoms with Crippen molar-refractivity contribution in [2.45, 2.75) is 13.8 Å². The van der Waals surface area contributed by atoms with Crippen molar-refractivity contribution in [2.24, 2.45) is 0 Å². The Hall–Kier alpha value is -1.60. The second kappa shape index (κ2) is 6.80. The van der Waals surface area contributed by atoms with E-state index in [9.17, 15) is 9.59 Å². The van der Waals surface area contributed by atoms with Gasteiger partial charge in [0.2, 0.25) is 5.91 Å². The van der Waals surface area contributed by atoms with Gasteiger partial charge in [-0.15, -0.1) is 0 Å². The van der Waals surface area contributed by atoms with Crippen LogP contribution in [0.4, 0.5) is 0 Å². The molecule has 0 aliphatic rings. The zero-order valence-corrected chi connectivity index (χ0v) is 9.55. The summed E-state index contributed by atoms with van der Waals surface area (Å²) in [7, 11) is 3.36. The Morgan fingerprint density at radius 3 is 2.40 bits per heavy atom. The molecule has 4 nitrogen and oxygen atoms in total. The first-order valence-electron chi connectivity index (χ1n) is 4.58. The molecule has 0 atom stereocenters. The monoisotopic (exact) mass is 208 g/mol. The Labute approximate surface area is 90.3 Å². The molecule has 0 saturated heterocycles. The van der Waals surface area contributed by atoms with Gasteiger partial charge in [0.15, 0.2) is 5.78 Å². The van der Waals surface area contributed by atoms with Crippen LogP contribution in [0.3, 0.4) is 0 Å². The van der Waals surface area contributed by atoms with Gasteiger partial charge in [0.1, 0.15) is 0 Å². The molecule has 0 aromatic rings. The van der Waals surface area contributed by atoms with E-state index in [1.54, 1.807) is 14.1 Å². The first-order valence-corrected chi connectivity index (χ1v) is 4.58. The van der Waals surface area contributed by atoms with Gasteiger partial charge in [0.05, 0.1) is 12.1 Å². The Morgan fingerprint density at radius 1 is 1.40 bits per heavy atom. The van der Waals surface area contributed by atoms with Crippen molar-refractivity contribution in [3.8, 4) is 11.8 Å². The summed E-state index contributed by atoms with van der Waals surface area (Å²) in [5.74, 6) is 5.20. The van der Waals surface area contributed by atoms with Crippen LogP contribution in [0.2, 0.25) is 0 Å². The Bertz CT molecular complexity index is 334. The molecule has 82 valence electrons. The standard InChI is InChI=1S/C11H16N2O2/c1-9(14)11(6-5-7-12-3)8-13(4)10(2)15/h8,12H,7H2,1-4H3/b11-8-. The summed E-state index contributed by atoms with van der Waals surface area (Å²) < 4.78 is 0. The SMILES string of the molecule is CNCC#C/C(=C/N(C)C(C)=O)C(C)=O. The molecule has 0 radical (unpaired) electrons. The van der Waals surface area contributed by atoms with Crippen LogP contribution in [0.5, 0.6) is 0 Å². The number of hydrogen-bond donors (Lipinski definition) is 1. The summed E-state index contributed by atoms with van der Waals surface area (Å²) in [6, 6.07) is 0. The van der Waals surface area contributed by atoms with Crippen molar-refractivity contribution in [2.75, 3.05) is 20.6 Å². The van der Waals surface area contributed by atoms with Gasteiger partial charge < -0.3 is 10.2 Å². The highest BCUT2D eigenvalue weighted by molar-refractivity contribution is 5.98. The summed E-state index contributed by atoms with van der Waals surface area (Å²) in [5, 5.41) is 2.85. The third-order valence-corrected chi connectivity index (χ3v) is 1.69. The summed E-state index contributed by atoms with van der Waals surface area (Å²) in [6.45, 7) is 3.36. The number of allylic oxidation sites excluding steroid dienone is 1. The molecule has 0 aliphatic carbocycles. The molecule has 0 bridgehead atoms. The fraction of sp³-hybridized carbons (Fsp3) is 0.455. The molecule has 0 aliphatic heterocycles. The van der Waals surface area contributed by atoms with Gasteiger partial charge in [-0.25, -0.2) is 0 Å². The zero-order valence-electron chi connectivity index (χ0n) is 9.55. The fourth-order valence-corrected chi connectivity index (χ4v) is 0.724. The molecule has 1 amide bonds. The second-order valence-corrected chi connectivity index (χ2v) is 3.06. The molecule has 1 N–H and O–H groups in total. The lowest BCUT2D eigenvalue weighted by Crippen LogP contribution is -2.18. The predicted molar refractivity (Wildman–Crippen MR) is 58.9 cm³/mol. The average molecular weight is 208 g/mol. The molecule has 0 unspecified atom stereocenters. The van der Waals surface area contributed by atoms with Gasteiger partial charge in [0, 0.05) is 20.2 Å². The van der Waals surface area contributed by atoms with Gasteiger partial charge in [-0.1, -0.05) is 11.8 Å². The Morgan fingerprint density at radius 2 is 2.00 bits per heavy atom. The summed E-state index contributed by atoms with van der Waals surface area (Å²) in [5.41, 5.74) is 0.336. The van der Waals surface area contributed by atoms with Crippen LogP contribution in [0.15, 0.2) is 11.8 Å². The molecule has 0 fully saturated rings. The molecule has 0 aromatic carbocycles. The summed E-state index contributed by atoms with van der Waals surface area (Å²) in [6.07, 6.45) is 1.45. The first-order chi connectivity index (χ1) is 6.99. The van der Waals surface area contributed by atoms with Crippen molar-refractivity contribution in [3.05, 3.63) is 11.8 Å². The van der Waals surface area contributed by atoms with E-state index in [1.165, 1.54) is 24.9 Å². The van der Waals surface area contributed by atoms with Crippen LogP contribution in [0, 0.1) is 11.8 Å². The lowest BCUT2D eigenvalue weighted by atomic mass is 10.2. The highest BCUT2D eigenvalue weighted by atomic mass is 16.2. The topological polar surface area (TPSA) is 49.4 Å². The van der Waals surface area contributed by atoms with Gasteiger partial charge in [-0.3, -0.25) is 9.59 Å². The highest BCUT2D eigenvalue weighted by Crippen LogP contribution is 1.97. The molecular weight excluding hydrogens is 192 g/mol. The van der Waals surface area contributed by atoms with E-state index in [0.717, 1.165) is 0 Å². The third kappa shape index (κ3) is 5.66. The van der Waals surface area contributed by atoms with Crippen LogP contribution in [0.1, 0.15) is 13.8 Å². The van der Waals surface area contributed by atoms with Crippen LogP contribution in [-0.4, -0.2) is 37.2 Å². The largest absolute Gasteiger partial charge is 0.321 e. The molecule has 0 rings (SSSR count). The number of nitrogens with zero attached hydrogens (tertiary/aromatic N) is 1. The third-order valence-electron chi connectivity index (χ3n) is 1.69. The molecular formula is C11H16N2O2. The second-order valence-electron chi connectivity index (χ2n) is 3.06. The maximum atomic E-state index is 11.2. The minimum absolute atomic E-state index is 0.135. The molecule has 0 heterocycles. The van der Waals surface area contributed by atoms with Crippen molar-refractivity contribution >= 4 is 11.7 Å². The predicted octanol–water partition coefficient (Wildman–Crippen LogP) is 0.160. The molecule has 0 aromatic heterocycles. The summed E-state index contributed by atoms with van der Waals surface area (Å²) in [4.78, 5) is 23.4. The van der Waals surface area contributed by atoms with Gasteiger partial charge in [-0.05, 0) is 14.0 Å². The van der Waals surface area contributed by atoms with Crippen molar-refractivity contribution in [1.29, 1.82) is 0 Å². The van der Waals surface area contributed by atoms with E-state index in [-0.39, 0.29) is 11.7 Å². The van der Waals surface area contributed by atoms with Gasteiger partial charge in [0.25, 0.3) is 0 Å².